The van der Waals surface area contributed by atoms with Crippen LogP contribution in [0.15, 0.2) is 35.3 Å². The zero-order chi connectivity index (χ0) is 28.3. The molecule has 1 aliphatic rings. The second-order valence-corrected chi connectivity index (χ2v) is 10.2. The maximum Gasteiger partial charge on any atom is 0.260 e. The van der Waals surface area contributed by atoms with E-state index in [1.807, 2.05) is 25.1 Å². The number of anilines is 1. The number of halogens is 2. The fraction of sp³-hybridized carbons (Fsp3) is 0.407. The minimum atomic E-state index is -0.307. The molecule has 0 saturated carbocycles. The molecule has 1 aromatic carbocycles. The molecule has 12 heteroatoms. The Hall–Kier alpha value is -3.34. The summed E-state index contributed by atoms with van der Waals surface area (Å²) in [4.78, 5) is 39.6. The second-order valence-electron chi connectivity index (χ2n) is 9.46. The lowest BCUT2D eigenvalue weighted by molar-refractivity contribution is -0.127. The summed E-state index contributed by atoms with van der Waals surface area (Å²) in [5, 5.41) is 3.97. The summed E-state index contributed by atoms with van der Waals surface area (Å²) in [5.74, 6) is 1.01. The van der Waals surface area contributed by atoms with Gasteiger partial charge < -0.3 is 24.6 Å². The lowest BCUT2D eigenvalue weighted by Crippen LogP contribution is -2.40. The van der Waals surface area contributed by atoms with E-state index in [9.17, 15) is 9.59 Å². The molecule has 4 rings (SSSR count). The van der Waals surface area contributed by atoms with Crippen LogP contribution in [0.25, 0.3) is 22.2 Å². The molecule has 3 heterocycles. The van der Waals surface area contributed by atoms with Crippen molar-refractivity contribution in [2.45, 2.75) is 18.9 Å². The van der Waals surface area contributed by atoms with E-state index in [0.717, 1.165) is 0 Å². The Labute approximate surface area is 237 Å². The highest BCUT2D eigenvalue weighted by Crippen LogP contribution is 2.45. The first-order chi connectivity index (χ1) is 18.7. The third-order valence-corrected chi connectivity index (χ3v) is 7.46. The van der Waals surface area contributed by atoms with E-state index in [4.69, 9.17) is 32.7 Å². The fourth-order valence-electron chi connectivity index (χ4n) is 4.69. The Morgan fingerprint density at radius 1 is 1.15 bits per heavy atom. The van der Waals surface area contributed by atoms with Crippen molar-refractivity contribution >= 4 is 46.1 Å². The van der Waals surface area contributed by atoms with E-state index in [-0.39, 0.29) is 33.1 Å². The van der Waals surface area contributed by atoms with Crippen molar-refractivity contribution in [3.8, 4) is 22.6 Å². The van der Waals surface area contributed by atoms with Gasteiger partial charge in [-0.3, -0.25) is 14.2 Å². The summed E-state index contributed by atoms with van der Waals surface area (Å²) in [6, 6.07) is 3.06. The normalized spacial score (nSPS) is 14.4. The molecule has 208 valence electrons. The van der Waals surface area contributed by atoms with Gasteiger partial charge in [-0.25, -0.2) is 4.98 Å². The first-order valence-electron chi connectivity index (χ1n) is 12.5. The van der Waals surface area contributed by atoms with Crippen molar-refractivity contribution < 1.29 is 14.3 Å². The minimum Gasteiger partial charge on any atom is -0.495 e. The van der Waals surface area contributed by atoms with Crippen LogP contribution in [0.3, 0.4) is 0 Å². The van der Waals surface area contributed by atoms with Crippen LogP contribution in [0.2, 0.25) is 10.0 Å². The van der Waals surface area contributed by atoms with Crippen LogP contribution >= 0.6 is 23.2 Å². The minimum absolute atomic E-state index is 0.0388. The number of aromatic nitrogens is 3. The molecule has 1 N–H and O–H groups in total. The molecule has 10 nitrogen and oxygen atoms in total. The number of hydrogen-bond acceptors (Lipinski definition) is 8. The molecule has 0 bridgehead atoms. The van der Waals surface area contributed by atoms with E-state index in [1.54, 1.807) is 40.9 Å². The van der Waals surface area contributed by atoms with Crippen molar-refractivity contribution in [2.24, 2.45) is 0 Å². The number of carbonyl (C=O) groups excluding carboxylic acids is 1. The highest BCUT2D eigenvalue weighted by molar-refractivity contribution is 6.41. The van der Waals surface area contributed by atoms with E-state index < -0.39 is 0 Å². The molecule has 1 fully saturated rings. The molecular formula is C27H32Cl2N6O4. The SMILES string of the molecule is CNc1ncc2cc(-c3c(Cl)c(OC)cc(OC)c3Cl)c(=O)n(C3CCN(C(=O)/C=C/CN(C)C)CC3)c2n1. The molecule has 1 aliphatic heterocycles. The van der Waals surface area contributed by atoms with Gasteiger partial charge in [0.15, 0.2) is 0 Å². The lowest BCUT2D eigenvalue weighted by atomic mass is 10.0. The third kappa shape index (κ3) is 5.83. The average Bonchev–Trinajstić information content (AvgIpc) is 2.93. The molecule has 3 aromatic rings. The topological polar surface area (TPSA) is 102 Å². The standard InChI is InChI=1S/C27H32Cl2N6O4/c1-30-27-31-15-16-13-18(22-23(28)19(38-4)14-20(39-5)24(22)29)26(37)35(25(16)32-27)17-8-11-34(12-9-17)21(36)7-6-10-33(2)3/h6-7,13-15,17H,8-12H2,1-5H3,(H,30,31,32)/b7-6+. The largest absolute Gasteiger partial charge is 0.495 e. The Bertz CT molecular complexity index is 1440. The van der Waals surface area contributed by atoms with Gasteiger partial charge in [-0.05, 0) is 33.0 Å². The van der Waals surface area contributed by atoms with Crippen molar-refractivity contribution in [1.82, 2.24) is 24.3 Å². The van der Waals surface area contributed by atoms with Gasteiger partial charge >= 0.3 is 0 Å². The highest BCUT2D eigenvalue weighted by atomic mass is 35.5. The zero-order valence-electron chi connectivity index (χ0n) is 22.6. The summed E-state index contributed by atoms with van der Waals surface area (Å²) in [6.45, 7) is 1.70. The number of ether oxygens (including phenoxy) is 2. The van der Waals surface area contributed by atoms with Gasteiger partial charge in [0.1, 0.15) is 17.1 Å². The molecule has 39 heavy (non-hydrogen) atoms. The van der Waals surface area contributed by atoms with Crippen molar-refractivity contribution in [3.63, 3.8) is 0 Å². The number of carbonyl (C=O) groups is 1. The van der Waals surface area contributed by atoms with E-state index >= 15 is 0 Å². The molecular weight excluding hydrogens is 543 g/mol. The predicted molar refractivity (Wildman–Crippen MR) is 154 cm³/mol. The van der Waals surface area contributed by atoms with Gasteiger partial charge in [-0.2, -0.15) is 4.98 Å². The Balaban J connectivity index is 1.81. The van der Waals surface area contributed by atoms with Gasteiger partial charge in [0.25, 0.3) is 5.56 Å². The van der Waals surface area contributed by atoms with Crippen molar-refractivity contribution in [1.29, 1.82) is 0 Å². The van der Waals surface area contributed by atoms with Gasteiger partial charge in [-0.1, -0.05) is 29.3 Å². The van der Waals surface area contributed by atoms with Crippen LogP contribution in [0.5, 0.6) is 11.5 Å². The lowest BCUT2D eigenvalue weighted by Gasteiger charge is -2.33. The number of nitrogens with zero attached hydrogens (tertiary/aromatic N) is 5. The fourth-order valence-corrected chi connectivity index (χ4v) is 5.40. The van der Waals surface area contributed by atoms with Gasteiger partial charge in [-0.15, -0.1) is 0 Å². The number of likely N-dealkylation sites (tertiary alicyclic amines) is 1. The number of hydrogen-bond donors (Lipinski definition) is 1. The van der Waals surface area contributed by atoms with Gasteiger partial charge in [0.05, 0.1) is 29.8 Å². The molecule has 2 aromatic heterocycles. The predicted octanol–water partition coefficient (Wildman–Crippen LogP) is 4.11. The number of methoxy groups -OCH3 is 2. The number of benzene rings is 1. The van der Waals surface area contributed by atoms with Crippen LogP contribution in [-0.4, -0.2) is 85.2 Å². The van der Waals surface area contributed by atoms with Gasteiger partial charge in [0.2, 0.25) is 11.9 Å². The van der Waals surface area contributed by atoms with E-state index in [2.05, 4.69) is 15.3 Å². The highest BCUT2D eigenvalue weighted by Gasteiger charge is 2.28. The summed E-state index contributed by atoms with van der Waals surface area (Å²) >= 11 is 13.4. The summed E-state index contributed by atoms with van der Waals surface area (Å²) < 4.78 is 12.5. The monoisotopic (exact) mass is 574 g/mol. The summed E-state index contributed by atoms with van der Waals surface area (Å²) in [7, 11) is 8.57. The van der Waals surface area contributed by atoms with E-state index in [1.165, 1.54) is 14.2 Å². The number of piperidine rings is 1. The van der Waals surface area contributed by atoms with Crippen molar-refractivity contribution in [3.05, 3.63) is 50.9 Å². The smallest absolute Gasteiger partial charge is 0.260 e. The van der Waals surface area contributed by atoms with E-state index in [0.29, 0.717) is 66.5 Å². The van der Waals surface area contributed by atoms with Crippen LogP contribution in [0.4, 0.5) is 5.95 Å². The molecule has 1 saturated heterocycles. The van der Waals surface area contributed by atoms with Crippen LogP contribution in [0.1, 0.15) is 18.9 Å². The Kier molecular flexibility index (Phi) is 8.99. The Morgan fingerprint density at radius 3 is 2.36 bits per heavy atom. The first-order valence-corrected chi connectivity index (χ1v) is 13.3. The number of pyridine rings is 1. The van der Waals surface area contributed by atoms with Crippen LogP contribution in [-0.2, 0) is 4.79 Å². The molecule has 0 spiro atoms. The molecule has 1 amide bonds. The Morgan fingerprint density at radius 2 is 1.79 bits per heavy atom. The third-order valence-electron chi connectivity index (χ3n) is 6.71. The maximum absolute atomic E-state index is 14.2. The first kappa shape index (κ1) is 28.7. The average molecular weight is 575 g/mol. The van der Waals surface area contributed by atoms with Crippen molar-refractivity contribution in [2.75, 3.05) is 60.3 Å². The summed E-state index contributed by atoms with van der Waals surface area (Å²) in [6.07, 6.45) is 6.26. The summed E-state index contributed by atoms with van der Waals surface area (Å²) in [5.41, 5.74) is 0.769. The molecule has 0 unspecified atom stereocenters. The molecule has 0 atom stereocenters. The van der Waals surface area contributed by atoms with Gasteiger partial charge in [0, 0.05) is 62.0 Å². The second kappa shape index (κ2) is 12.2. The number of rotatable bonds is 8. The number of nitrogens with one attached hydrogen (secondary N) is 1. The van der Waals surface area contributed by atoms with Crippen LogP contribution < -0.4 is 20.3 Å². The quantitative estimate of drug-likeness (QED) is 0.401. The molecule has 0 radical (unpaired) electrons. The number of likely N-dealkylation sites (N-methyl/N-ethyl adjacent to an activating group) is 1. The number of amides is 1. The maximum atomic E-state index is 14.2. The molecule has 0 aliphatic carbocycles. The van der Waals surface area contributed by atoms with Crippen LogP contribution in [0, 0.1) is 0 Å². The zero-order valence-corrected chi connectivity index (χ0v) is 24.1. The number of fused-ring (bicyclic) bond motifs is 1.